The predicted molar refractivity (Wildman–Crippen MR) is 46.0 cm³/mol. The summed E-state index contributed by atoms with van der Waals surface area (Å²) in [5, 5.41) is 0. The number of nitrogens with one attached hydrogen (secondary N) is 1. The van der Waals surface area contributed by atoms with Crippen molar-refractivity contribution in [3.63, 3.8) is 0 Å². The monoisotopic (exact) mass is 216 g/mol. The van der Waals surface area contributed by atoms with Crippen molar-refractivity contribution < 1.29 is 4.79 Å². The van der Waals surface area contributed by atoms with Crippen LogP contribution in [0.5, 0.6) is 0 Å². The van der Waals surface area contributed by atoms with Gasteiger partial charge in [0.1, 0.15) is 0 Å². The second-order valence-electron chi connectivity index (χ2n) is 2.27. The van der Waals surface area contributed by atoms with Crippen LogP contribution in [-0.4, -0.2) is 10.9 Å². The topological polar surface area (TPSA) is 58.9 Å². The number of nitrogens with two attached hydrogens (primary N) is 1. The van der Waals surface area contributed by atoms with E-state index in [1.165, 1.54) is 0 Å². The van der Waals surface area contributed by atoms with Crippen LogP contribution in [0.1, 0.15) is 12.1 Å². The average Bonchev–Trinajstić information content (AvgIpc) is 2.31. The third-order valence-electron chi connectivity index (χ3n) is 1.40. The highest BCUT2D eigenvalue weighted by Crippen LogP contribution is 2.15. The van der Waals surface area contributed by atoms with Crippen molar-refractivity contribution in [2.45, 2.75) is 12.8 Å². The molecule has 11 heavy (non-hydrogen) atoms. The molecule has 1 aromatic heterocycles. The summed E-state index contributed by atoms with van der Waals surface area (Å²) in [6.07, 6.45) is 2.88. The summed E-state index contributed by atoms with van der Waals surface area (Å²) in [6, 6.07) is 1.90. The highest BCUT2D eigenvalue weighted by Gasteiger charge is 2.01. The Hall–Kier alpha value is -0.770. The number of aromatic nitrogens is 1. The van der Waals surface area contributed by atoms with E-state index < -0.39 is 0 Å². The first-order valence-electron chi connectivity index (χ1n) is 3.30. The van der Waals surface area contributed by atoms with Gasteiger partial charge in [-0.1, -0.05) is 0 Å². The second kappa shape index (κ2) is 3.57. The number of primary amides is 1. The molecule has 0 aliphatic heterocycles. The molecule has 60 valence electrons. The lowest BCUT2D eigenvalue weighted by molar-refractivity contribution is -0.118. The Morgan fingerprint density at radius 2 is 2.45 bits per heavy atom. The van der Waals surface area contributed by atoms with Crippen LogP contribution in [0.25, 0.3) is 0 Å². The number of hydrogen-bond donors (Lipinski definition) is 2. The molecular weight excluding hydrogens is 208 g/mol. The van der Waals surface area contributed by atoms with E-state index in [0.29, 0.717) is 12.8 Å². The Morgan fingerprint density at radius 1 is 1.73 bits per heavy atom. The van der Waals surface area contributed by atoms with Gasteiger partial charge < -0.3 is 10.7 Å². The van der Waals surface area contributed by atoms with E-state index in [1.54, 1.807) is 0 Å². The fourth-order valence-electron chi connectivity index (χ4n) is 0.825. The molecule has 0 saturated heterocycles. The van der Waals surface area contributed by atoms with Crippen molar-refractivity contribution in [3.8, 4) is 0 Å². The quantitative estimate of drug-likeness (QED) is 0.784. The van der Waals surface area contributed by atoms with E-state index in [9.17, 15) is 4.79 Å². The maximum absolute atomic E-state index is 10.4. The molecule has 1 aromatic rings. The maximum atomic E-state index is 10.4. The number of H-pyrrole nitrogens is 1. The van der Waals surface area contributed by atoms with Crippen LogP contribution in [0.4, 0.5) is 0 Å². The number of carbonyl (C=O) groups is 1. The molecule has 0 aliphatic carbocycles. The Balaban J connectivity index is 2.51. The normalized spacial score (nSPS) is 9.91. The van der Waals surface area contributed by atoms with Crippen molar-refractivity contribution in [1.29, 1.82) is 0 Å². The van der Waals surface area contributed by atoms with Gasteiger partial charge in [-0.25, -0.2) is 0 Å². The molecule has 0 radical (unpaired) electrons. The summed E-state index contributed by atoms with van der Waals surface area (Å²) in [6.45, 7) is 0. The molecule has 0 bridgehead atoms. The molecule has 0 fully saturated rings. The van der Waals surface area contributed by atoms with Crippen LogP contribution in [0.15, 0.2) is 16.7 Å². The van der Waals surface area contributed by atoms with E-state index in [1.807, 2.05) is 12.3 Å². The van der Waals surface area contributed by atoms with Crippen molar-refractivity contribution in [2.24, 2.45) is 5.73 Å². The number of hydrogen-bond acceptors (Lipinski definition) is 1. The van der Waals surface area contributed by atoms with Gasteiger partial charge >= 0.3 is 0 Å². The number of aromatic amines is 1. The predicted octanol–water partition coefficient (Wildman–Crippen LogP) is 1.20. The van der Waals surface area contributed by atoms with Crippen LogP contribution in [-0.2, 0) is 11.2 Å². The van der Waals surface area contributed by atoms with Gasteiger partial charge in [-0.15, -0.1) is 0 Å². The van der Waals surface area contributed by atoms with Gasteiger partial charge in [-0.3, -0.25) is 4.79 Å². The first-order chi connectivity index (χ1) is 5.20. The molecule has 0 unspecified atom stereocenters. The van der Waals surface area contributed by atoms with Crippen molar-refractivity contribution in [3.05, 3.63) is 22.4 Å². The molecule has 0 saturated carbocycles. The lowest BCUT2D eigenvalue weighted by Gasteiger charge is -1.94. The number of amides is 1. The number of rotatable bonds is 3. The minimum absolute atomic E-state index is 0.272. The van der Waals surface area contributed by atoms with Gasteiger partial charge in [0.05, 0.1) is 0 Å². The zero-order valence-corrected chi connectivity index (χ0v) is 7.52. The largest absolute Gasteiger partial charge is 0.370 e. The summed E-state index contributed by atoms with van der Waals surface area (Å²) in [7, 11) is 0. The summed E-state index contributed by atoms with van der Waals surface area (Å²) in [4.78, 5) is 13.4. The summed E-state index contributed by atoms with van der Waals surface area (Å²) in [5.41, 5.74) is 6.01. The number of carbonyl (C=O) groups excluding carboxylic acids is 1. The molecule has 1 heterocycles. The number of aryl methyl sites for hydroxylation is 1. The van der Waals surface area contributed by atoms with E-state index in [-0.39, 0.29) is 5.91 Å². The standard InChI is InChI=1S/C7H9BrN2O/c8-5-3-4-10-6(5)1-2-7(9)11/h3-4,10H,1-2H2,(H2,9,11). The van der Waals surface area contributed by atoms with Crippen LogP contribution in [0.2, 0.25) is 0 Å². The zero-order valence-electron chi connectivity index (χ0n) is 5.93. The van der Waals surface area contributed by atoms with Gasteiger partial charge in [-0.2, -0.15) is 0 Å². The van der Waals surface area contributed by atoms with Gasteiger partial charge in [0.2, 0.25) is 5.91 Å². The van der Waals surface area contributed by atoms with E-state index in [4.69, 9.17) is 5.73 Å². The Morgan fingerprint density at radius 3 is 2.91 bits per heavy atom. The highest BCUT2D eigenvalue weighted by molar-refractivity contribution is 9.10. The molecule has 1 rings (SSSR count). The zero-order chi connectivity index (χ0) is 8.27. The molecule has 4 heteroatoms. The van der Waals surface area contributed by atoms with Crippen LogP contribution < -0.4 is 5.73 Å². The Kier molecular flexibility index (Phi) is 2.70. The molecule has 1 amide bonds. The number of halogens is 1. The smallest absolute Gasteiger partial charge is 0.217 e. The van der Waals surface area contributed by atoms with Crippen molar-refractivity contribution >= 4 is 21.8 Å². The highest BCUT2D eigenvalue weighted by atomic mass is 79.9. The molecule has 0 aliphatic rings. The van der Waals surface area contributed by atoms with Gasteiger partial charge in [0, 0.05) is 22.8 Å². The molecule has 3 N–H and O–H groups in total. The fraction of sp³-hybridized carbons (Fsp3) is 0.286. The SMILES string of the molecule is NC(=O)CCc1[nH]ccc1Br. The van der Waals surface area contributed by atoms with Gasteiger partial charge in [-0.05, 0) is 28.4 Å². The van der Waals surface area contributed by atoms with Gasteiger partial charge in [0.25, 0.3) is 0 Å². The molecule has 3 nitrogen and oxygen atoms in total. The van der Waals surface area contributed by atoms with E-state index in [0.717, 1.165) is 10.2 Å². The van der Waals surface area contributed by atoms with Crippen LogP contribution in [0.3, 0.4) is 0 Å². The minimum atomic E-state index is -0.272. The lowest BCUT2D eigenvalue weighted by Crippen LogP contribution is -2.11. The third-order valence-corrected chi connectivity index (χ3v) is 2.14. The molecule has 0 atom stereocenters. The first kappa shape index (κ1) is 8.33. The summed E-state index contributed by atoms with van der Waals surface area (Å²) in [5.74, 6) is -0.272. The second-order valence-corrected chi connectivity index (χ2v) is 3.12. The summed E-state index contributed by atoms with van der Waals surface area (Å²) < 4.78 is 0.999. The molecule has 0 spiro atoms. The fourth-order valence-corrected chi connectivity index (χ4v) is 1.27. The van der Waals surface area contributed by atoms with Gasteiger partial charge in [0.15, 0.2) is 0 Å². The Labute approximate surface area is 73.1 Å². The van der Waals surface area contributed by atoms with E-state index in [2.05, 4.69) is 20.9 Å². The third kappa shape index (κ3) is 2.38. The van der Waals surface area contributed by atoms with Crippen LogP contribution in [0, 0.1) is 0 Å². The lowest BCUT2D eigenvalue weighted by atomic mass is 10.2. The van der Waals surface area contributed by atoms with Crippen molar-refractivity contribution in [2.75, 3.05) is 0 Å². The molecular formula is C7H9BrN2O. The molecule has 0 aromatic carbocycles. The Bertz CT molecular complexity index is 257. The first-order valence-corrected chi connectivity index (χ1v) is 4.09. The van der Waals surface area contributed by atoms with Crippen molar-refractivity contribution in [1.82, 2.24) is 4.98 Å². The van der Waals surface area contributed by atoms with E-state index >= 15 is 0 Å². The maximum Gasteiger partial charge on any atom is 0.217 e. The van der Waals surface area contributed by atoms with Crippen LogP contribution >= 0.6 is 15.9 Å². The average molecular weight is 217 g/mol. The minimum Gasteiger partial charge on any atom is -0.370 e. The summed E-state index contributed by atoms with van der Waals surface area (Å²) >= 11 is 3.33.